The summed E-state index contributed by atoms with van der Waals surface area (Å²) in [5, 5.41) is 7.57. The SMILES string of the molecule is CCO.C[CH]C. The lowest BCUT2D eigenvalue weighted by molar-refractivity contribution is 0.318. The van der Waals surface area contributed by atoms with Crippen LogP contribution in [0.1, 0.15) is 20.8 Å². The maximum Gasteiger partial charge on any atom is 0.0402 e. The summed E-state index contributed by atoms with van der Waals surface area (Å²) in [7, 11) is 0. The highest BCUT2D eigenvalue weighted by Crippen LogP contribution is 1.53. The van der Waals surface area contributed by atoms with E-state index >= 15 is 0 Å². The molecule has 0 aliphatic heterocycles. The molecule has 6 heavy (non-hydrogen) atoms. The second-order valence-corrected chi connectivity index (χ2v) is 0.894. The molecule has 39 valence electrons. The molecule has 1 nitrogen and oxygen atoms in total. The van der Waals surface area contributed by atoms with Crippen LogP contribution in [0.5, 0.6) is 0 Å². The Labute approximate surface area is 40.0 Å². The number of aliphatic hydroxyl groups excluding tert-OH is 1. The van der Waals surface area contributed by atoms with E-state index in [-0.39, 0.29) is 6.61 Å². The molecule has 0 atom stereocenters. The van der Waals surface area contributed by atoms with Crippen LogP contribution in [0, 0.1) is 6.42 Å². The molecule has 0 aliphatic rings. The van der Waals surface area contributed by atoms with Gasteiger partial charge in [0.1, 0.15) is 0 Å². The average molecular weight is 89.2 g/mol. The van der Waals surface area contributed by atoms with Crippen molar-refractivity contribution >= 4 is 0 Å². The monoisotopic (exact) mass is 89.1 g/mol. The molecule has 0 bridgehead atoms. The normalized spacial score (nSPS) is 6.00. The van der Waals surface area contributed by atoms with Gasteiger partial charge in [-0.15, -0.1) is 0 Å². The van der Waals surface area contributed by atoms with Gasteiger partial charge in [-0.25, -0.2) is 0 Å². The Morgan fingerprint density at radius 3 is 1.50 bits per heavy atom. The van der Waals surface area contributed by atoms with Gasteiger partial charge in [-0.1, -0.05) is 13.8 Å². The Morgan fingerprint density at radius 2 is 1.50 bits per heavy atom. The molecule has 1 heteroatoms. The first-order valence-corrected chi connectivity index (χ1v) is 2.18. The van der Waals surface area contributed by atoms with Crippen LogP contribution < -0.4 is 0 Å². The molecule has 1 radical (unpaired) electrons. The van der Waals surface area contributed by atoms with Crippen molar-refractivity contribution < 1.29 is 5.11 Å². The van der Waals surface area contributed by atoms with Crippen molar-refractivity contribution in [3.05, 3.63) is 6.42 Å². The summed E-state index contributed by atoms with van der Waals surface area (Å²) in [5.41, 5.74) is 0. The highest BCUT2D eigenvalue weighted by Gasteiger charge is 1.36. The van der Waals surface area contributed by atoms with E-state index in [4.69, 9.17) is 5.11 Å². The van der Waals surface area contributed by atoms with Gasteiger partial charge in [0.05, 0.1) is 0 Å². The van der Waals surface area contributed by atoms with Crippen molar-refractivity contribution in [1.29, 1.82) is 0 Å². The van der Waals surface area contributed by atoms with Gasteiger partial charge in [0.25, 0.3) is 0 Å². The first-order chi connectivity index (χ1) is 2.83. The quantitative estimate of drug-likeness (QED) is 0.473. The van der Waals surface area contributed by atoms with E-state index in [1.54, 1.807) is 6.92 Å². The van der Waals surface area contributed by atoms with Gasteiger partial charge in [-0.3, -0.25) is 0 Å². The molecule has 0 amide bonds. The van der Waals surface area contributed by atoms with Gasteiger partial charge in [-0.2, -0.15) is 0 Å². The van der Waals surface area contributed by atoms with Crippen LogP contribution in [0.4, 0.5) is 0 Å². The summed E-state index contributed by atoms with van der Waals surface area (Å²) in [6.07, 6.45) is 2.00. The third-order valence-corrected chi connectivity index (χ3v) is 0. The third-order valence-electron chi connectivity index (χ3n) is 0. The highest BCUT2D eigenvalue weighted by atomic mass is 16.2. The molecule has 0 aliphatic carbocycles. The third kappa shape index (κ3) is 21700. The summed E-state index contributed by atoms with van der Waals surface area (Å²) in [5.74, 6) is 0. The number of aliphatic hydroxyl groups is 1. The van der Waals surface area contributed by atoms with Crippen molar-refractivity contribution in [2.24, 2.45) is 0 Å². The Morgan fingerprint density at radius 1 is 1.50 bits per heavy atom. The lowest BCUT2D eigenvalue weighted by Gasteiger charge is -1.52. The second-order valence-electron chi connectivity index (χ2n) is 0.894. The summed E-state index contributed by atoms with van der Waals surface area (Å²) in [4.78, 5) is 0. The molecule has 0 spiro atoms. The molecule has 1 N–H and O–H groups in total. The van der Waals surface area contributed by atoms with Gasteiger partial charge in [0.2, 0.25) is 0 Å². The summed E-state index contributed by atoms with van der Waals surface area (Å²) in [6.45, 7) is 5.93. The van der Waals surface area contributed by atoms with Crippen molar-refractivity contribution in [1.82, 2.24) is 0 Å². The van der Waals surface area contributed by atoms with Crippen molar-refractivity contribution in [3.63, 3.8) is 0 Å². The largest absolute Gasteiger partial charge is 0.397 e. The zero-order valence-electron chi connectivity index (χ0n) is 4.73. The molecule has 0 aromatic carbocycles. The minimum Gasteiger partial charge on any atom is -0.397 e. The van der Waals surface area contributed by atoms with Crippen LogP contribution in [0.2, 0.25) is 0 Å². The Kier molecular flexibility index (Phi) is 31.6. The van der Waals surface area contributed by atoms with E-state index in [2.05, 4.69) is 0 Å². The average Bonchev–Trinajstić information content (AvgIpc) is 1.39. The molecule has 0 saturated heterocycles. The van der Waals surface area contributed by atoms with Gasteiger partial charge >= 0.3 is 0 Å². The number of hydrogen-bond acceptors (Lipinski definition) is 1. The Hall–Kier alpha value is -0.0400. The zero-order valence-corrected chi connectivity index (χ0v) is 4.73. The first kappa shape index (κ1) is 9.35. The number of hydrogen-bond donors (Lipinski definition) is 1. The van der Waals surface area contributed by atoms with E-state index in [0.29, 0.717) is 0 Å². The van der Waals surface area contributed by atoms with Crippen LogP contribution >= 0.6 is 0 Å². The molecular formula is C5H13O. The Balaban J connectivity index is 0. The molecule has 0 rings (SSSR count). The fraction of sp³-hybridized carbons (Fsp3) is 0.800. The molecule has 0 heterocycles. The minimum absolute atomic E-state index is 0.250. The lowest BCUT2D eigenvalue weighted by Crippen LogP contribution is -1.57. The molecule has 0 unspecified atom stereocenters. The highest BCUT2D eigenvalue weighted by molar-refractivity contribution is 4.34. The molecular weight excluding hydrogens is 76.1 g/mol. The fourth-order valence-corrected chi connectivity index (χ4v) is 0. The predicted molar refractivity (Wildman–Crippen MR) is 28.4 cm³/mol. The van der Waals surface area contributed by atoms with Crippen LogP contribution in [-0.4, -0.2) is 11.7 Å². The van der Waals surface area contributed by atoms with Gasteiger partial charge in [0, 0.05) is 6.61 Å². The second kappa shape index (κ2) is 20.2. The van der Waals surface area contributed by atoms with Crippen molar-refractivity contribution in [2.45, 2.75) is 20.8 Å². The van der Waals surface area contributed by atoms with Crippen LogP contribution in [-0.2, 0) is 0 Å². The van der Waals surface area contributed by atoms with Crippen LogP contribution in [0.25, 0.3) is 0 Å². The smallest absolute Gasteiger partial charge is 0.0402 e. The van der Waals surface area contributed by atoms with E-state index in [9.17, 15) is 0 Å². The summed E-state index contributed by atoms with van der Waals surface area (Å²) in [6, 6.07) is 0. The van der Waals surface area contributed by atoms with Gasteiger partial charge in [-0.05, 0) is 13.3 Å². The number of rotatable bonds is 0. The lowest BCUT2D eigenvalue weighted by atomic mass is 10.6. The predicted octanol–water partition coefficient (Wildman–Crippen LogP) is 1.23. The Bertz CT molecular complexity index is 5.90. The van der Waals surface area contributed by atoms with E-state index in [1.807, 2.05) is 20.3 Å². The van der Waals surface area contributed by atoms with Crippen LogP contribution in [0.15, 0.2) is 0 Å². The maximum atomic E-state index is 7.57. The summed E-state index contributed by atoms with van der Waals surface area (Å²) >= 11 is 0. The molecule has 0 aromatic rings. The zero-order chi connectivity index (χ0) is 5.41. The van der Waals surface area contributed by atoms with E-state index in [1.165, 1.54) is 0 Å². The fourth-order valence-electron chi connectivity index (χ4n) is 0. The molecule has 0 fully saturated rings. The minimum atomic E-state index is 0.250. The van der Waals surface area contributed by atoms with Crippen molar-refractivity contribution in [2.75, 3.05) is 6.61 Å². The standard InChI is InChI=1S/C3H7.C2H6O/c1-3-2;1-2-3/h3H,1-2H3;3H,2H2,1H3. The topological polar surface area (TPSA) is 20.2 Å². The summed E-state index contributed by atoms with van der Waals surface area (Å²) < 4.78 is 0. The van der Waals surface area contributed by atoms with Gasteiger partial charge in [0.15, 0.2) is 0 Å². The van der Waals surface area contributed by atoms with E-state index < -0.39 is 0 Å². The maximum absolute atomic E-state index is 7.57. The van der Waals surface area contributed by atoms with Gasteiger partial charge < -0.3 is 5.11 Å². The van der Waals surface area contributed by atoms with E-state index in [0.717, 1.165) is 0 Å². The van der Waals surface area contributed by atoms with Crippen molar-refractivity contribution in [3.8, 4) is 0 Å². The van der Waals surface area contributed by atoms with Crippen LogP contribution in [0.3, 0.4) is 0 Å². The molecule has 0 saturated carbocycles. The first-order valence-electron chi connectivity index (χ1n) is 2.18. The molecule has 0 aromatic heterocycles.